The van der Waals surface area contributed by atoms with Gasteiger partial charge in [-0.1, -0.05) is 23.8 Å². The summed E-state index contributed by atoms with van der Waals surface area (Å²) in [6, 6.07) is 10.7. The second-order valence-electron chi connectivity index (χ2n) is 4.67. The maximum absolute atomic E-state index is 13.0. The molecule has 0 saturated heterocycles. The molecule has 19 heavy (non-hydrogen) atoms. The number of nitrogens with two attached hydrogens (primary N) is 1. The Morgan fingerprint density at radius 2 is 1.84 bits per heavy atom. The Balaban J connectivity index is 2.14. The number of aryl methyl sites for hydroxylation is 2. The van der Waals surface area contributed by atoms with Crippen molar-refractivity contribution in [2.45, 2.75) is 27.0 Å². The molecule has 0 radical (unpaired) electrons. The van der Waals surface area contributed by atoms with Crippen molar-refractivity contribution in [1.82, 2.24) is 0 Å². The lowest BCUT2D eigenvalue weighted by molar-refractivity contribution is 0.302. The van der Waals surface area contributed by atoms with E-state index in [2.05, 4.69) is 0 Å². The fraction of sp³-hybridized carbons (Fsp3) is 0.250. The Hall–Kier alpha value is -1.87. The number of hydrogen-bond donors (Lipinski definition) is 1. The highest BCUT2D eigenvalue weighted by Crippen LogP contribution is 2.21. The van der Waals surface area contributed by atoms with Crippen molar-refractivity contribution in [3.05, 3.63) is 64.5 Å². The van der Waals surface area contributed by atoms with Crippen LogP contribution in [0.4, 0.5) is 4.39 Å². The zero-order valence-corrected chi connectivity index (χ0v) is 11.2. The van der Waals surface area contributed by atoms with Crippen molar-refractivity contribution in [1.29, 1.82) is 0 Å². The molecule has 3 heteroatoms. The molecule has 2 aromatic rings. The summed E-state index contributed by atoms with van der Waals surface area (Å²) in [6.07, 6.45) is 0. The summed E-state index contributed by atoms with van der Waals surface area (Å²) < 4.78 is 18.8. The molecule has 2 aromatic carbocycles. The van der Waals surface area contributed by atoms with Gasteiger partial charge in [-0.2, -0.15) is 0 Å². The van der Waals surface area contributed by atoms with Crippen LogP contribution in [0.2, 0.25) is 0 Å². The third kappa shape index (κ3) is 3.32. The van der Waals surface area contributed by atoms with Crippen LogP contribution in [-0.4, -0.2) is 0 Å². The first kappa shape index (κ1) is 13.6. The lowest BCUT2D eigenvalue weighted by atomic mass is 10.1. The highest BCUT2D eigenvalue weighted by Gasteiger charge is 2.05. The Kier molecular flexibility index (Phi) is 4.17. The van der Waals surface area contributed by atoms with Gasteiger partial charge < -0.3 is 10.5 Å². The van der Waals surface area contributed by atoms with Gasteiger partial charge in [0.25, 0.3) is 0 Å². The van der Waals surface area contributed by atoms with Crippen LogP contribution < -0.4 is 10.5 Å². The van der Waals surface area contributed by atoms with E-state index in [9.17, 15) is 4.39 Å². The molecule has 0 aliphatic carbocycles. The van der Waals surface area contributed by atoms with Crippen LogP contribution in [0, 0.1) is 19.7 Å². The van der Waals surface area contributed by atoms with E-state index in [4.69, 9.17) is 10.5 Å². The third-order valence-corrected chi connectivity index (χ3v) is 3.12. The van der Waals surface area contributed by atoms with E-state index in [1.165, 1.54) is 12.1 Å². The van der Waals surface area contributed by atoms with Gasteiger partial charge in [0.05, 0.1) is 0 Å². The van der Waals surface area contributed by atoms with Gasteiger partial charge >= 0.3 is 0 Å². The molecule has 0 heterocycles. The molecule has 0 aliphatic rings. The molecule has 0 fully saturated rings. The van der Waals surface area contributed by atoms with Gasteiger partial charge in [0.2, 0.25) is 0 Å². The fourth-order valence-corrected chi connectivity index (χ4v) is 1.99. The van der Waals surface area contributed by atoms with Crippen molar-refractivity contribution in [3.8, 4) is 5.75 Å². The Morgan fingerprint density at radius 3 is 2.53 bits per heavy atom. The number of rotatable bonds is 4. The highest BCUT2D eigenvalue weighted by molar-refractivity contribution is 5.37. The molecule has 0 aliphatic heterocycles. The first-order valence-electron chi connectivity index (χ1n) is 6.27. The van der Waals surface area contributed by atoms with Crippen LogP contribution in [-0.2, 0) is 13.2 Å². The lowest BCUT2D eigenvalue weighted by Gasteiger charge is -2.12. The summed E-state index contributed by atoms with van der Waals surface area (Å²) in [7, 11) is 0. The van der Waals surface area contributed by atoms with Crippen molar-refractivity contribution in [2.75, 3.05) is 0 Å². The smallest absolute Gasteiger partial charge is 0.124 e. The molecule has 0 bridgehead atoms. The number of halogens is 1. The molecule has 0 atom stereocenters. The van der Waals surface area contributed by atoms with E-state index in [1.54, 1.807) is 6.07 Å². The van der Waals surface area contributed by atoms with Crippen LogP contribution in [0.1, 0.15) is 22.3 Å². The lowest BCUT2D eigenvalue weighted by Crippen LogP contribution is -2.04. The zero-order chi connectivity index (χ0) is 13.8. The number of benzene rings is 2. The standard InChI is InChI=1S/C16H18FNO/c1-11-3-6-16(14(7-11)9-18)19-10-13-4-5-15(17)8-12(13)2/h3-8H,9-10,18H2,1-2H3. The van der Waals surface area contributed by atoms with Crippen LogP contribution in [0.3, 0.4) is 0 Å². The second kappa shape index (κ2) is 5.85. The molecule has 0 amide bonds. The Labute approximate surface area is 113 Å². The van der Waals surface area contributed by atoms with Gasteiger partial charge in [-0.25, -0.2) is 4.39 Å². The molecular formula is C16H18FNO. The van der Waals surface area contributed by atoms with Crippen molar-refractivity contribution < 1.29 is 9.13 Å². The predicted molar refractivity (Wildman–Crippen MR) is 74.5 cm³/mol. The summed E-state index contributed by atoms with van der Waals surface area (Å²) >= 11 is 0. The quantitative estimate of drug-likeness (QED) is 0.912. The predicted octanol–water partition coefficient (Wildman–Crippen LogP) is 3.48. The second-order valence-corrected chi connectivity index (χ2v) is 4.67. The zero-order valence-electron chi connectivity index (χ0n) is 11.2. The van der Waals surface area contributed by atoms with E-state index in [-0.39, 0.29) is 5.82 Å². The van der Waals surface area contributed by atoms with E-state index < -0.39 is 0 Å². The maximum atomic E-state index is 13.0. The van der Waals surface area contributed by atoms with Gasteiger partial charge in [-0.3, -0.25) is 0 Å². The van der Waals surface area contributed by atoms with Crippen molar-refractivity contribution in [3.63, 3.8) is 0 Å². The van der Waals surface area contributed by atoms with Crippen LogP contribution in [0.5, 0.6) is 5.75 Å². The normalized spacial score (nSPS) is 10.5. The number of ether oxygens (including phenoxy) is 1. The summed E-state index contributed by atoms with van der Waals surface area (Å²) in [5.74, 6) is 0.566. The van der Waals surface area contributed by atoms with Gasteiger partial charge in [0.15, 0.2) is 0 Å². The van der Waals surface area contributed by atoms with E-state index >= 15 is 0 Å². The summed E-state index contributed by atoms with van der Waals surface area (Å²) in [6.45, 7) is 4.76. The van der Waals surface area contributed by atoms with Gasteiger partial charge in [-0.05, 0) is 43.2 Å². The van der Waals surface area contributed by atoms with Crippen LogP contribution in [0.15, 0.2) is 36.4 Å². The summed E-state index contributed by atoms with van der Waals surface area (Å²) in [5.41, 5.74) is 9.72. The van der Waals surface area contributed by atoms with Gasteiger partial charge in [-0.15, -0.1) is 0 Å². The molecule has 2 nitrogen and oxygen atoms in total. The summed E-state index contributed by atoms with van der Waals surface area (Å²) in [5, 5.41) is 0. The third-order valence-electron chi connectivity index (χ3n) is 3.12. The monoisotopic (exact) mass is 259 g/mol. The molecule has 0 unspecified atom stereocenters. The minimum Gasteiger partial charge on any atom is -0.489 e. The van der Waals surface area contributed by atoms with Gasteiger partial charge in [0.1, 0.15) is 18.2 Å². The Bertz CT molecular complexity index is 581. The first-order valence-corrected chi connectivity index (χ1v) is 6.27. The summed E-state index contributed by atoms with van der Waals surface area (Å²) in [4.78, 5) is 0. The minimum atomic E-state index is -0.223. The highest BCUT2D eigenvalue weighted by atomic mass is 19.1. The van der Waals surface area contributed by atoms with E-state index in [0.717, 1.165) is 28.0 Å². The molecule has 0 spiro atoms. The van der Waals surface area contributed by atoms with Gasteiger partial charge in [0, 0.05) is 12.1 Å². The molecular weight excluding hydrogens is 241 g/mol. The van der Waals surface area contributed by atoms with E-state index in [1.807, 2.05) is 32.0 Å². The average molecular weight is 259 g/mol. The topological polar surface area (TPSA) is 35.2 Å². The first-order chi connectivity index (χ1) is 9.10. The Morgan fingerprint density at radius 1 is 1.05 bits per heavy atom. The van der Waals surface area contributed by atoms with Crippen molar-refractivity contribution >= 4 is 0 Å². The molecule has 0 saturated carbocycles. The van der Waals surface area contributed by atoms with Crippen LogP contribution in [0.25, 0.3) is 0 Å². The SMILES string of the molecule is Cc1ccc(OCc2ccc(F)cc2C)c(CN)c1. The average Bonchev–Trinajstić information content (AvgIpc) is 2.39. The van der Waals surface area contributed by atoms with Crippen LogP contribution >= 0.6 is 0 Å². The molecule has 0 aromatic heterocycles. The minimum absolute atomic E-state index is 0.223. The van der Waals surface area contributed by atoms with E-state index in [0.29, 0.717) is 13.2 Å². The largest absolute Gasteiger partial charge is 0.489 e. The molecule has 2 rings (SSSR count). The molecule has 2 N–H and O–H groups in total. The molecule has 100 valence electrons. The van der Waals surface area contributed by atoms with Crippen molar-refractivity contribution in [2.24, 2.45) is 5.73 Å². The fourth-order valence-electron chi connectivity index (χ4n) is 1.99. The number of hydrogen-bond acceptors (Lipinski definition) is 2. The maximum Gasteiger partial charge on any atom is 0.124 e.